The second-order valence-corrected chi connectivity index (χ2v) is 4.03. The van der Waals surface area contributed by atoms with Crippen molar-refractivity contribution in [2.75, 3.05) is 6.61 Å². The Hall–Kier alpha value is -2.18. The molecule has 2 aromatic rings. The zero-order valence-electron chi connectivity index (χ0n) is 10.7. The molecule has 0 aliphatic carbocycles. The Balaban J connectivity index is 2.11. The van der Waals surface area contributed by atoms with Crippen LogP contribution in [0.4, 0.5) is 0 Å². The number of pyridine rings is 2. The SMILES string of the molecule is CCONC(=O)c1cccc(Oc2ccnc(Cl)c2)n1. The van der Waals surface area contributed by atoms with E-state index in [0.717, 1.165) is 0 Å². The van der Waals surface area contributed by atoms with Gasteiger partial charge in [0.1, 0.15) is 16.6 Å². The maximum absolute atomic E-state index is 11.7. The van der Waals surface area contributed by atoms with Crippen LogP contribution in [0.3, 0.4) is 0 Å². The summed E-state index contributed by atoms with van der Waals surface area (Å²) in [5.41, 5.74) is 2.45. The summed E-state index contributed by atoms with van der Waals surface area (Å²) in [6.07, 6.45) is 1.52. The van der Waals surface area contributed by atoms with Crippen LogP contribution in [0, 0.1) is 0 Å². The predicted molar refractivity (Wildman–Crippen MR) is 72.7 cm³/mol. The van der Waals surface area contributed by atoms with E-state index < -0.39 is 5.91 Å². The molecule has 0 aliphatic rings. The van der Waals surface area contributed by atoms with E-state index in [2.05, 4.69) is 15.4 Å². The summed E-state index contributed by atoms with van der Waals surface area (Å²) < 4.78 is 5.50. The molecular weight excluding hydrogens is 282 g/mol. The summed E-state index contributed by atoms with van der Waals surface area (Å²) in [5, 5.41) is 0.313. The fourth-order valence-corrected chi connectivity index (χ4v) is 1.52. The highest BCUT2D eigenvalue weighted by Gasteiger charge is 2.09. The van der Waals surface area contributed by atoms with Crippen molar-refractivity contribution in [3.05, 3.63) is 47.4 Å². The first-order chi connectivity index (χ1) is 9.69. The highest BCUT2D eigenvalue weighted by molar-refractivity contribution is 6.29. The quantitative estimate of drug-likeness (QED) is 0.677. The molecule has 2 aromatic heterocycles. The number of hydroxylamine groups is 1. The number of carbonyl (C=O) groups excluding carboxylic acids is 1. The number of halogens is 1. The third-order valence-corrected chi connectivity index (χ3v) is 2.39. The highest BCUT2D eigenvalue weighted by atomic mass is 35.5. The molecular formula is C13H12ClN3O3. The number of amides is 1. The van der Waals surface area contributed by atoms with Gasteiger partial charge in [-0.25, -0.2) is 15.4 Å². The Bertz CT molecular complexity index is 607. The van der Waals surface area contributed by atoms with Crippen LogP contribution in [0.25, 0.3) is 0 Å². The second-order valence-electron chi connectivity index (χ2n) is 3.64. The minimum atomic E-state index is -0.440. The van der Waals surface area contributed by atoms with Gasteiger partial charge in [-0.1, -0.05) is 17.7 Å². The van der Waals surface area contributed by atoms with E-state index in [1.54, 1.807) is 37.3 Å². The van der Waals surface area contributed by atoms with Crippen LogP contribution < -0.4 is 10.2 Å². The molecule has 20 heavy (non-hydrogen) atoms. The van der Waals surface area contributed by atoms with Crippen molar-refractivity contribution in [3.8, 4) is 11.6 Å². The molecule has 0 unspecified atom stereocenters. The van der Waals surface area contributed by atoms with Gasteiger partial charge in [0.25, 0.3) is 5.91 Å². The Labute approximate surface area is 120 Å². The molecule has 1 amide bonds. The molecule has 0 spiro atoms. The smallest absolute Gasteiger partial charge is 0.293 e. The van der Waals surface area contributed by atoms with E-state index in [-0.39, 0.29) is 11.6 Å². The van der Waals surface area contributed by atoms with E-state index in [1.807, 2.05) is 0 Å². The third kappa shape index (κ3) is 3.91. The molecule has 0 radical (unpaired) electrons. The lowest BCUT2D eigenvalue weighted by molar-refractivity contribution is 0.0359. The summed E-state index contributed by atoms with van der Waals surface area (Å²) in [5.74, 6) is 0.321. The molecule has 0 aliphatic heterocycles. The lowest BCUT2D eigenvalue weighted by Crippen LogP contribution is -2.24. The molecule has 7 heteroatoms. The van der Waals surface area contributed by atoms with Crippen molar-refractivity contribution in [1.29, 1.82) is 0 Å². The second kappa shape index (κ2) is 6.83. The zero-order chi connectivity index (χ0) is 14.4. The normalized spacial score (nSPS) is 10.1. The van der Waals surface area contributed by atoms with E-state index in [1.165, 1.54) is 6.20 Å². The van der Waals surface area contributed by atoms with Gasteiger partial charge in [0, 0.05) is 18.3 Å². The molecule has 0 aromatic carbocycles. The topological polar surface area (TPSA) is 73.3 Å². The third-order valence-electron chi connectivity index (χ3n) is 2.19. The number of ether oxygens (including phenoxy) is 1. The molecule has 0 bridgehead atoms. The van der Waals surface area contributed by atoms with Gasteiger partial charge >= 0.3 is 0 Å². The number of nitrogens with zero attached hydrogens (tertiary/aromatic N) is 2. The minimum absolute atomic E-state index is 0.191. The number of hydrogen-bond donors (Lipinski definition) is 1. The highest BCUT2D eigenvalue weighted by Crippen LogP contribution is 2.21. The van der Waals surface area contributed by atoms with Crippen molar-refractivity contribution in [3.63, 3.8) is 0 Å². The average Bonchev–Trinajstić information content (AvgIpc) is 2.45. The molecule has 0 saturated heterocycles. The van der Waals surface area contributed by atoms with Crippen LogP contribution in [0.5, 0.6) is 11.6 Å². The standard InChI is InChI=1S/C13H12ClN3O3/c1-2-19-17-13(18)10-4-3-5-12(16-10)20-9-6-7-15-11(14)8-9/h3-8H,2H2,1H3,(H,17,18). The van der Waals surface area contributed by atoms with Crippen molar-refractivity contribution in [2.24, 2.45) is 0 Å². The van der Waals surface area contributed by atoms with Gasteiger partial charge in [-0.15, -0.1) is 0 Å². The maximum Gasteiger partial charge on any atom is 0.293 e. The Morgan fingerprint density at radius 2 is 2.25 bits per heavy atom. The van der Waals surface area contributed by atoms with E-state index in [9.17, 15) is 4.79 Å². The molecule has 6 nitrogen and oxygen atoms in total. The number of aromatic nitrogens is 2. The van der Waals surface area contributed by atoms with Gasteiger partial charge in [-0.2, -0.15) is 0 Å². The Morgan fingerprint density at radius 1 is 1.40 bits per heavy atom. The molecule has 2 heterocycles. The van der Waals surface area contributed by atoms with Crippen molar-refractivity contribution in [2.45, 2.75) is 6.92 Å². The van der Waals surface area contributed by atoms with Crippen molar-refractivity contribution in [1.82, 2.24) is 15.4 Å². The van der Waals surface area contributed by atoms with Gasteiger partial charge in [0.15, 0.2) is 0 Å². The van der Waals surface area contributed by atoms with Crippen LogP contribution in [0.2, 0.25) is 5.15 Å². The molecule has 104 valence electrons. The maximum atomic E-state index is 11.7. The van der Waals surface area contributed by atoms with Gasteiger partial charge in [0.05, 0.1) is 6.61 Å². The summed E-state index contributed by atoms with van der Waals surface area (Å²) in [7, 11) is 0. The van der Waals surface area contributed by atoms with E-state index in [0.29, 0.717) is 17.5 Å². The number of rotatable bonds is 5. The predicted octanol–water partition coefficient (Wildman–Crippen LogP) is 2.60. The summed E-state index contributed by atoms with van der Waals surface area (Å²) in [4.78, 5) is 24.4. The summed E-state index contributed by atoms with van der Waals surface area (Å²) in [6.45, 7) is 2.14. The Morgan fingerprint density at radius 3 is 3.00 bits per heavy atom. The van der Waals surface area contributed by atoms with Crippen LogP contribution in [-0.4, -0.2) is 22.5 Å². The van der Waals surface area contributed by atoms with Gasteiger partial charge in [0.2, 0.25) is 5.88 Å². The fourth-order valence-electron chi connectivity index (χ4n) is 1.36. The molecule has 0 atom stereocenters. The first-order valence-electron chi connectivity index (χ1n) is 5.87. The molecule has 0 fully saturated rings. The first kappa shape index (κ1) is 14.2. The van der Waals surface area contributed by atoms with E-state index >= 15 is 0 Å². The van der Waals surface area contributed by atoms with Gasteiger partial charge < -0.3 is 4.74 Å². The summed E-state index contributed by atoms with van der Waals surface area (Å²) >= 11 is 5.76. The number of carbonyl (C=O) groups is 1. The first-order valence-corrected chi connectivity index (χ1v) is 6.25. The largest absolute Gasteiger partial charge is 0.439 e. The van der Waals surface area contributed by atoms with Crippen LogP contribution >= 0.6 is 11.6 Å². The molecule has 2 rings (SSSR count). The van der Waals surface area contributed by atoms with E-state index in [4.69, 9.17) is 21.2 Å². The van der Waals surface area contributed by atoms with Crippen LogP contribution in [0.15, 0.2) is 36.5 Å². The lowest BCUT2D eigenvalue weighted by atomic mass is 10.3. The molecule has 1 N–H and O–H groups in total. The van der Waals surface area contributed by atoms with Crippen molar-refractivity contribution < 1.29 is 14.4 Å². The van der Waals surface area contributed by atoms with Gasteiger partial charge in [-0.3, -0.25) is 9.63 Å². The fraction of sp³-hybridized carbons (Fsp3) is 0.154. The number of hydrogen-bond acceptors (Lipinski definition) is 5. The Kier molecular flexibility index (Phi) is 4.86. The lowest BCUT2D eigenvalue weighted by Gasteiger charge is -2.07. The molecule has 0 saturated carbocycles. The minimum Gasteiger partial charge on any atom is -0.439 e. The van der Waals surface area contributed by atoms with Crippen molar-refractivity contribution >= 4 is 17.5 Å². The monoisotopic (exact) mass is 293 g/mol. The number of nitrogens with one attached hydrogen (secondary N) is 1. The van der Waals surface area contributed by atoms with Gasteiger partial charge in [-0.05, 0) is 19.1 Å². The average molecular weight is 294 g/mol. The zero-order valence-corrected chi connectivity index (χ0v) is 11.4. The van der Waals surface area contributed by atoms with Crippen LogP contribution in [-0.2, 0) is 4.84 Å². The summed E-state index contributed by atoms with van der Waals surface area (Å²) in [6, 6.07) is 8.04. The van der Waals surface area contributed by atoms with Crippen LogP contribution in [0.1, 0.15) is 17.4 Å².